The van der Waals surface area contributed by atoms with E-state index < -0.39 is 12.1 Å². The standard InChI is InChI=1S/C36H38BrN3O3.C2HF3O2/c37-31-11-7-26(8-12-31)22-35(42)40(20-19-25-9-17-34(41)18-10-25)24-27-3-1-4-28(21-27)29-5-2-6-30(23-29)36(43)39-33-15-13-32(38)14-16-33;3-2(4,5)1(6)7/h1-12,17-18,21,23,32-33,41H,13-16,19-20,22,24,38H2,(H,39,43);(H,6,7). The first-order valence-corrected chi connectivity index (χ1v) is 16.9. The van der Waals surface area contributed by atoms with Gasteiger partial charge in [0, 0.05) is 35.2 Å². The van der Waals surface area contributed by atoms with Crippen molar-refractivity contribution in [2.24, 2.45) is 5.73 Å². The molecular weight excluding hydrogens is 715 g/mol. The normalized spacial score (nSPS) is 15.7. The van der Waals surface area contributed by atoms with Gasteiger partial charge in [-0.15, -0.1) is 0 Å². The number of carboxylic acid groups (broad SMARTS) is 1. The number of phenolic OH excluding ortho intramolecular Hbond substituents is 1. The Balaban J connectivity index is 0.000000727. The van der Waals surface area contributed by atoms with Gasteiger partial charge in [0.05, 0.1) is 6.42 Å². The quantitative estimate of drug-likeness (QED) is 0.135. The molecule has 0 aliphatic heterocycles. The number of benzene rings is 4. The number of hydrogen-bond acceptors (Lipinski definition) is 5. The fourth-order valence-corrected chi connectivity index (χ4v) is 5.81. The van der Waals surface area contributed by atoms with Crippen molar-refractivity contribution in [3.8, 4) is 16.9 Å². The lowest BCUT2D eigenvalue weighted by Gasteiger charge is -2.26. The number of nitrogens with one attached hydrogen (secondary N) is 1. The zero-order valence-corrected chi connectivity index (χ0v) is 28.8. The molecule has 5 rings (SSSR count). The SMILES string of the molecule is NC1CCC(NC(=O)c2cccc(-c3cccc(CN(CCc4ccc(O)cc4)C(=O)Cc4ccc(Br)cc4)c3)c2)CC1.O=C(O)C(F)(F)F. The molecule has 1 aliphatic carbocycles. The molecule has 0 unspecified atom stereocenters. The number of phenols is 1. The third-order valence-electron chi connectivity index (χ3n) is 8.34. The van der Waals surface area contributed by atoms with E-state index in [-0.39, 0.29) is 29.6 Å². The minimum absolute atomic E-state index is 0.0499. The maximum Gasteiger partial charge on any atom is 0.490 e. The molecule has 1 fully saturated rings. The first-order valence-electron chi connectivity index (χ1n) is 16.1. The van der Waals surface area contributed by atoms with Crippen molar-refractivity contribution in [2.75, 3.05) is 6.54 Å². The molecule has 0 bridgehead atoms. The van der Waals surface area contributed by atoms with E-state index >= 15 is 0 Å². The van der Waals surface area contributed by atoms with Crippen molar-refractivity contribution in [1.29, 1.82) is 0 Å². The summed E-state index contributed by atoms with van der Waals surface area (Å²) in [6.45, 7) is 1.01. The van der Waals surface area contributed by atoms with E-state index in [1.807, 2.05) is 83.8 Å². The molecular formula is C38H39BrF3N3O5. The lowest BCUT2D eigenvalue weighted by Crippen LogP contribution is -2.40. The maximum atomic E-state index is 13.6. The zero-order chi connectivity index (χ0) is 36.3. The molecule has 4 aromatic carbocycles. The van der Waals surface area contributed by atoms with Gasteiger partial charge < -0.3 is 26.2 Å². The van der Waals surface area contributed by atoms with Crippen LogP contribution in [0, 0.1) is 0 Å². The maximum absolute atomic E-state index is 13.6. The molecule has 12 heteroatoms. The van der Waals surface area contributed by atoms with Gasteiger partial charge in [-0.2, -0.15) is 13.2 Å². The van der Waals surface area contributed by atoms with Crippen LogP contribution < -0.4 is 11.1 Å². The molecule has 0 spiro atoms. The Morgan fingerprint density at radius 1 is 0.820 bits per heavy atom. The van der Waals surface area contributed by atoms with Gasteiger partial charge in [0.15, 0.2) is 0 Å². The molecule has 4 aromatic rings. The van der Waals surface area contributed by atoms with Crippen molar-refractivity contribution in [1.82, 2.24) is 10.2 Å². The first-order chi connectivity index (χ1) is 23.8. The van der Waals surface area contributed by atoms with Gasteiger partial charge in [0.2, 0.25) is 5.91 Å². The summed E-state index contributed by atoms with van der Waals surface area (Å²) >= 11 is 3.46. The zero-order valence-electron chi connectivity index (χ0n) is 27.2. The second kappa shape index (κ2) is 17.8. The van der Waals surface area contributed by atoms with Crippen LogP contribution in [0.5, 0.6) is 5.75 Å². The number of carbonyl (C=O) groups excluding carboxylic acids is 2. The number of amides is 2. The summed E-state index contributed by atoms with van der Waals surface area (Å²) in [5.41, 5.74) is 11.6. The predicted octanol–water partition coefficient (Wildman–Crippen LogP) is 7.27. The van der Waals surface area contributed by atoms with Crippen LogP contribution in [-0.4, -0.2) is 57.7 Å². The summed E-state index contributed by atoms with van der Waals surface area (Å²) in [6, 6.07) is 31.2. The Hall–Kier alpha value is -4.68. The van der Waals surface area contributed by atoms with Gasteiger partial charge in [0.1, 0.15) is 5.75 Å². The third-order valence-corrected chi connectivity index (χ3v) is 8.86. The summed E-state index contributed by atoms with van der Waals surface area (Å²) in [5, 5.41) is 20.0. The second-order valence-electron chi connectivity index (χ2n) is 12.2. The van der Waals surface area contributed by atoms with E-state index in [4.69, 9.17) is 15.6 Å². The molecule has 0 radical (unpaired) electrons. The smallest absolute Gasteiger partial charge is 0.490 e. The number of aliphatic carboxylic acids is 1. The van der Waals surface area contributed by atoms with Crippen LogP contribution >= 0.6 is 15.9 Å². The number of nitrogens with zero attached hydrogens (tertiary/aromatic N) is 1. The van der Waals surface area contributed by atoms with Crippen LogP contribution in [0.25, 0.3) is 11.1 Å². The number of aromatic hydroxyl groups is 1. The summed E-state index contributed by atoms with van der Waals surface area (Å²) in [7, 11) is 0. The van der Waals surface area contributed by atoms with E-state index in [1.54, 1.807) is 12.1 Å². The fourth-order valence-electron chi connectivity index (χ4n) is 5.55. The Morgan fingerprint density at radius 3 is 2.02 bits per heavy atom. The summed E-state index contributed by atoms with van der Waals surface area (Å²) in [4.78, 5) is 37.4. The number of alkyl halides is 3. The highest BCUT2D eigenvalue weighted by Gasteiger charge is 2.38. The minimum Gasteiger partial charge on any atom is -0.508 e. The highest BCUT2D eigenvalue weighted by Crippen LogP contribution is 2.24. The average Bonchev–Trinajstić information content (AvgIpc) is 3.09. The molecule has 1 aliphatic rings. The number of rotatable bonds is 10. The van der Waals surface area contributed by atoms with Crippen LogP contribution in [0.4, 0.5) is 13.2 Å². The number of carboxylic acids is 1. The summed E-state index contributed by atoms with van der Waals surface area (Å²) in [5.74, 6) is -2.54. The van der Waals surface area contributed by atoms with Gasteiger partial charge in [-0.3, -0.25) is 9.59 Å². The highest BCUT2D eigenvalue weighted by molar-refractivity contribution is 9.10. The summed E-state index contributed by atoms with van der Waals surface area (Å²) < 4.78 is 32.7. The average molecular weight is 755 g/mol. The lowest BCUT2D eigenvalue weighted by molar-refractivity contribution is -0.192. The molecule has 5 N–H and O–H groups in total. The van der Waals surface area contributed by atoms with Gasteiger partial charge in [-0.05, 0) is 102 Å². The van der Waals surface area contributed by atoms with Gasteiger partial charge in [-0.25, -0.2) is 4.79 Å². The first kappa shape index (κ1) is 38.1. The van der Waals surface area contributed by atoms with Crippen molar-refractivity contribution in [2.45, 2.75) is 63.3 Å². The molecule has 0 heterocycles. The molecule has 8 nitrogen and oxygen atoms in total. The monoisotopic (exact) mass is 753 g/mol. The molecule has 0 aromatic heterocycles. The number of carbonyl (C=O) groups is 3. The largest absolute Gasteiger partial charge is 0.508 e. The Bertz CT molecular complexity index is 1740. The topological polar surface area (TPSA) is 133 Å². The Kier molecular flexibility index (Phi) is 13.6. The van der Waals surface area contributed by atoms with Crippen LogP contribution in [0.3, 0.4) is 0 Å². The number of hydrogen-bond donors (Lipinski definition) is 4. The second-order valence-corrected chi connectivity index (χ2v) is 13.1. The highest BCUT2D eigenvalue weighted by atomic mass is 79.9. The van der Waals surface area contributed by atoms with Crippen molar-refractivity contribution in [3.63, 3.8) is 0 Å². The fraction of sp³-hybridized carbons (Fsp3) is 0.289. The van der Waals surface area contributed by atoms with E-state index in [0.717, 1.165) is 58.0 Å². The molecule has 2 amide bonds. The Labute approximate surface area is 297 Å². The Morgan fingerprint density at radius 2 is 1.40 bits per heavy atom. The predicted molar refractivity (Wildman–Crippen MR) is 188 cm³/mol. The van der Waals surface area contributed by atoms with Gasteiger partial charge in [0.25, 0.3) is 5.91 Å². The van der Waals surface area contributed by atoms with Crippen molar-refractivity contribution >= 4 is 33.7 Å². The van der Waals surface area contributed by atoms with E-state index in [1.165, 1.54) is 0 Å². The molecule has 264 valence electrons. The van der Waals surface area contributed by atoms with Gasteiger partial charge in [-0.1, -0.05) is 70.5 Å². The van der Waals surface area contributed by atoms with Crippen molar-refractivity contribution in [3.05, 3.63) is 124 Å². The molecule has 0 atom stereocenters. The molecule has 1 saturated carbocycles. The van der Waals surface area contributed by atoms with Crippen LogP contribution in [0.15, 0.2) is 102 Å². The van der Waals surface area contributed by atoms with E-state index in [0.29, 0.717) is 31.5 Å². The molecule has 50 heavy (non-hydrogen) atoms. The third kappa shape index (κ3) is 12.0. The number of nitrogens with two attached hydrogens (primary N) is 1. The van der Waals surface area contributed by atoms with Crippen LogP contribution in [-0.2, 0) is 29.0 Å². The molecule has 0 saturated heterocycles. The van der Waals surface area contributed by atoms with Crippen LogP contribution in [0.1, 0.15) is 52.7 Å². The van der Waals surface area contributed by atoms with Gasteiger partial charge >= 0.3 is 12.1 Å². The van der Waals surface area contributed by atoms with Crippen molar-refractivity contribution < 1.29 is 37.8 Å². The number of halogens is 4. The van der Waals surface area contributed by atoms with E-state index in [9.17, 15) is 27.9 Å². The lowest BCUT2D eigenvalue weighted by atomic mass is 9.91. The van der Waals surface area contributed by atoms with E-state index in [2.05, 4.69) is 27.3 Å². The minimum atomic E-state index is -5.08. The summed E-state index contributed by atoms with van der Waals surface area (Å²) in [6.07, 6.45) is -0.385. The van der Waals surface area contributed by atoms with Crippen LogP contribution in [0.2, 0.25) is 0 Å².